The van der Waals surface area contributed by atoms with Gasteiger partial charge in [0.05, 0.1) is 0 Å². The normalized spacial score (nSPS) is 24.9. The summed E-state index contributed by atoms with van der Waals surface area (Å²) in [5, 5.41) is 5.71. The summed E-state index contributed by atoms with van der Waals surface area (Å²) in [6.07, 6.45) is 6.26. The van der Waals surface area contributed by atoms with Crippen molar-refractivity contribution in [2.45, 2.75) is 50.5 Å². The number of amides is 2. The van der Waals surface area contributed by atoms with Crippen LogP contribution in [0, 0.1) is 5.41 Å². The molecule has 2 aliphatic carbocycles. The van der Waals surface area contributed by atoms with E-state index in [2.05, 4.69) is 22.8 Å². The highest BCUT2D eigenvalue weighted by molar-refractivity contribution is 6.35. The Morgan fingerprint density at radius 2 is 1.83 bits per heavy atom. The molecular weight excluding hydrogens is 302 g/mol. The molecule has 3 rings (SSSR count). The van der Waals surface area contributed by atoms with Gasteiger partial charge in [0, 0.05) is 18.5 Å². The van der Waals surface area contributed by atoms with Gasteiger partial charge in [0.25, 0.3) is 0 Å². The molecule has 130 valence electrons. The van der Waals surface area contributed by atoms with Crippen LogP contribution in [0.2, 0.25) is 0 Å². The van der Waals surface area contributed by atoms with Crippen molar-refractivity contribution in [3.63, 3.8) is 0 Å². The molecule has 0 aliphatic heterocycles. The first-order chi connectivity index (χ1) is 11.6. The molecule has 0 radical (unpaired) electrons. The van der Waals surface area contributed by atoms with E-state index in [1.165, 1.54) is 5.56 Å². The fraction of sp³-hybridized carbons (Fsp3) is 0.579. The van der Waals surface area contributed by atoms with Crippen LogP contribution >= 0.6 is 0 Å². The second kappa shape index (κ2) is 7.34. The minimum Gasteiger partial charge on any atom is -0.347 e. The summed E-state index contributed by atoms with van der Waals surface area (Å²) in [4.78, 5) is 24.3. The van der Waals surface area contributed by atoms with E-state index in [9.17, 15) is 9.59 Å². The molecule has 0 saturated heterocycles. The Balaban J connectivity index is 1.53. The largest absolute Gasteiger partial charge is 0.347 e. The molecule has 5 nitrogen and oxygen atoms in total. The Kier molecular flexibility index (Phi) is 5.19. The number of hydrogen-bond acceptors (Lipinski definition) is 3. The molecule has 0 spiro atoms. The number of rotatable bonds is 5. The van der Waals surface area contributed by atoms with Crippen molar-refractivity contribution in [3.8, 4) is 0 Å². The maximum absolute atomic E-state index is 12.2. The van der Waals surface area contributed by atoms with Gasteiger partial charge in [0.15, 0.2) is 0 Å². The summed E-state index contributed by atoms with van der Waals surface area (Å²) < 4.78 is 0. The smallest absolute Gasteiger partial charge is 0.309 e. The molecule has 5 heteroatoms. The van der Waals surface area contributed by atoms with Crippen molar-refractivity contribution >= 4 is 11.8 Å². The fourth-order valence-electron chi connectivity index (χ4n) is 3.94. The molecule has 2 atom stereocenters. The summed E-state index contributed by atoms with van der Waals surface area (Å²) >= 11 is 0. The zero-order chi connectivity index (χ0) is 17.0. The zero-order valence-corrected chi connectivity index (χ0v) is 14.1. The highest BCUT2D eigenvalue weighted by atomic mass is 16.2. The van der Waals surface area contributed by atoms with Crippen LogP contribution in [0.5, 0.6) is 0 Å². The second-order valence-corrected chi connectivity index (χ2v) is 7.27. The molecule has 0 heterocycles. The Labute approximate surface area is 143 Å². The molecule has 0 aromatic heterocycles. The van der Waals surface area contributed by atoms with Crippen LogP contribution in [0.3, 0.4) is 0 Å². The lowest BCUT2D eigenvalue weighted by Gasteiger charge is -2.40. The molecule has 0 bridgehead atoms. The molecule has 2 aliphatic rings. The average molecular weight is 329 g/mol. The number of carbonyl (C=O) groups is 2. The van der Waals surface area contributed by atoms with Crippen LogP contribution in [0.4, 0.5) is 0 Å². The van der Waals surface area contributed by atoms with E-state index in [0.29, 0.717) is 19.0 Å². The van der Waals surface area contributed by atoms with Gasteiger partial charge in [-0.1, -0.05) is 43.2 Å². The van der Waals surface area contributed by atoms with E-state index in [0.717, 1.165) is 38.5 Å². The molecule has 2 saturated carbocycles. The Hall–Kier alpha value is -1.88. The lowest BCUT2D eigenvalue weighted by atomic mass is 9.69. The first kappa shape index (κ1) is 17.0. The summed E-state index contributed by atoms with van der Waals surface area (Å²) in [6, 6.07) is 10.3. The average Bonchev–Trinajstić information content (AvgIpc) is 3.03. The third-order valence-corrected chi connectivity index (χ3v) is 5.74. The third kappa shape index (κ3) is 3.61. The molecule has 4 N–H and O–H groups in total. The highest BCUT2D eigenvalue weighted by Crippen LogP contribution is 2.39. The zero-order valence-electron chi connectivity index (χ0n) is 14.1. The van der Waals surface area contributed by atoms with Gasteiger partial charge in [-0.25, -0.2) is 0 Å². The van der Waals surface area contributed by atoms with Crippen LogP contribution in [0.25, 0.3) is 0 Å². The molecule has 2 fully saturated rings. The van der Waals surface area contributed by atoms with E-state index < -0.39 is 11.8 Å². The lowest BCUT2D eigenvalue weighted by Crippen LogP contribution is -2.51. The van der Waals surface area contributed by atoms with Gasteiger partial charge < -0.3 is 16.4 Å². The number of carbonyl (C=O) groups excluding carboxylic acids is 2. The highest BCUT2D eigenvalue weighted by Gasteiger charge is 2.37. The van der Waals surface area contributed by atoms with Gasteiger partial charge >= 0.3 is 11.8 Å². The standard InChI is InChI=1S/C19H27N3O2/c20-12-19(10-5-11-19)13-21-17(23)18(24)22-16-9-4-8-15(16)14-6-2-1-3-7-14/h1-3,6-7,15-16H,4-5,8-13,20H2,(H,21,23)(H,22,24)/t15-,16-/m0/s1. The van der Waals surface area contributed by atoms with Crippen molar-refractivity contribution in [2.24, 2.45) is 11.1 Å². The molecule has 0 unspecified atom stereocenters. The quantitative estimate of drug-likeness (QED) is 0.719. The van der Waals surface area contributed by atoms with E-state index in [4.69, 9.17) is 5.73 Å². The monoisotopic (exact) mass is 329 g/mol. The van der Waals surface area contributed by atoms with Crippen molar-refractivity contribution in [2.75, 3.05) is 13.1 Å². The number of hydrogen-bond donors (Lipinski definition) is 3. The third-order valence-electron chi connectivity index (χ3n) is 5.74. The molecule has 1 aromatic rings. The van der Waals surface area contributed by atoms with E-state index >= 15 is 0 Å². The van der Waals surface area contributed by atoms with Crippen molar-refractivity contribution in [3.05, 3.63) is 35.9 Å². The maximum Gasteiger partial charge on any atom is 0.309 e. The van der Waals surface area contributed by atoms with E-state index in [1.807, 2.05) is 18.2 Å². The SMILES string of the molecule is NCC1(CNC(=O)C(=O)N[C@H]2CCC[C@H]2c2ccccc2)CCC1. The van der Waals surface area contributed by atoms with Gasteiger partial charge in [-0.15, -0.1) is 0 Å². The van der Waals surface area contributed by atoms with Crippen molar-refractivity contribution < 1.29 is 9.59 Å². The van der Waals surface area contributed by atoms with Crippen LogP contribution in [0.1, 0.15) is 50.0 Å². The van der Waals surface area contributed by atoms with Crippen LogP contribution in [-0.4, -0.2) is 30.9 Å². The van der Waals surface area contributed by atoms with Crippen LogP contribution < -0.4 is 16.4 Å². The fourth-order valence-corrected chi connectivity index (χ4v) is 3.94. The Morgan fingerprint density at radius 1 is 1.08 bits per heavy atom. The number of nitrogens with one attached hydrogen (secondary N) is 2. The predicted molar refractivity (Wildman–Crippen MR) is 93.3 cm³/mol. The summed E-state index contributed by atoms with van der Waals surface area (Å²) in [5.41, 5.74) is 7.04. The van der Waals surface area contributed by atoms with Crippen LogP contribution in [0.15, 0.2) is 30.3 Å². The first-order valence-electron chi connectivity index (χ1n) is 8.97. The van der Waals surface area contributed by atoms with Gasteiger partial charge in [-0.2, -0.15) is 0 Å². The topological polar surface area (TPSA) is 84.2 Å². The maximum atomic E-state index is 12.2. The Bertz CT molecular complexity index is 578. The first-order valence-corrected chi connectivity index (χ1v) is 8.97. The van der Waals surface area contributed by atoms with Gasteiger partial charge in [-0.05, 0) is 43.2 Å². The van der Waals surface area contributed by atoms with Gasteiger partial charge in [-0.3, -0.25) is 9.59 Å². The minimum absolute atomic E-state index is 0.00979. The second-order valence-electron chi connectivity index (χ2n) is 7.27. The van der Waals surface area contributed by atoms with E-state index in [-0.39, 0.29) is 11.5 Å². The van der Waals surface area contributed by atoms with E-state index in [1.54, 1.807) is 0 Å². The van der Waals surface area contributed by atoms with Gasteiger partial charge in [0.2, 0.25) is 0 Å². The number of benzene rings is 1. The minimum atomic E-state index is -0.534. The summed E-state index contributed by atoms with van der Waals surface area (Å²) in [6.45, 7) is 1.07. The lowest BCUT2D eigenvalue weighted by molar-refractivity contribution is -0.140. The van der Waals surface area contributed by atoms with Crippen LogP contribution in [-0.2, 0) is 9.59 Å². The summed E-state index contributed by atoms with van der Waals surface area (Å²) in [5.74, 6) is -0.757. The molecular formula is C19H27N3O2. The number of nitrogens with two attached hydrogens (primary N) is 1. The van der Waals surface area contributed by atoms with Crippen molar-refractivity contribution in [1.29, 1.82) is 0 Å². The molecule has 1 aromatic carbocycles. The molecule has 2 amide bonds. The molecule has 24 heavy (non-hydrogen) atoms. The predicted octanol–water partition coefficient (Wildman–Crippen LogP) is 1.68. The Morgan fingerprint density at radius 3 is 2.46 bits per heavy atom. The van der Waals surface area contributed by atoms with Gasteiger partial charge in [0.1, 0.15) is 0 Å². The van der Waals surface area contributed by atoms with Crippen molar-refractivity contribution in [1.82, 2.24) is 10.6 Å². The summed E-state index contributed by atoms with van der Waals surface area (Å²) in [7, 11) is 0.